The van der Waals surface area contributed by atoms with Gasteiger partial charge in [0.25, 0.3) is 0 Å². The van der Waals surface area contributed by atoms with Crippen molar-refractivity contribution in [3.63, 3.8) is 0 Å². The molecule has 2 heterocycles. The third-order valence-corrected chi connectivity index (χ3v) is 7.35. The second-order valence-corrected chi connectivity index (χ2v) is 10.1. The van der Waals surface area contributed by atoms with Gasteiger partial charge in [0.1, 0.15) is 5.75 Å². The molecule has 0 aliphatic heterocycles. The van der Waals surface area contributed by atoms with Gasteiger partial charge in [-0.1, -0.05) is 47.1 Å². The molecule has 2 aromatic carbocycles. The van der Waals surface area contributed by atoms with Gasteiger partial charge in [-0.2, -0.15) is 0 Å². The Morgan fingerprint density at radius 3 is 2.71 bits per heavy atom. The van der Waals surface area contributed by atoms with Crippen LogP contribution in [0.5, 0.6) is 5.75 Å². The smallest absolute Gasteiger partial charge is 0.236 e. The molecule has 1 amide bonds. The van der Waals surface area contributed by atoms with Gasteiger partial charge < -0.3 is 14.6 Å². The van der Waals surface area contributed by atoms with Crippen LogP contribution in [0.2, 0.25) is 10.0 Å². The molecule has 1 atom stereocenters. The van der Waals surface area contributed by atoms with Gasteiger partial charge in [0, 0.05) is 28.0 Å². The maximum atomic E-state index is 12.5. The summed E-state index contributed by atoms with van der Waals surface area (Å²) in [6.07, 6.45) is -0.331. The first kappa shape index (κ1) is 24.5. The summed E-state index contributed by atoms with van der Waals surface area (Å²) in [5.41, 5.74) is 2.66. The molecule has 0 radical (unpaired) electrons. The van der Waals surface area contributed by atoms with Crippen LogP contribution in [0.4, 0.5) is 5.13 Å². The van der Waals surface area contributed by atoms with Crippen LogP contribution in [-0.2, 0) is 11.8 Å². The summed E-state index contributed by atoms with van der Waals surface area (Å²) in [7, 11) is 1.85. The molecular weight excluding hydrogens is 513 g/mol. The molecule has 0 aliphatic carbocycles. The average molecular weight is 534 g/mol. The van der Waals surface area contributed by atoms with E-state index in [1.54, 1.807) is 6.07 Å². The number of aromatic nitrogens is 4. The molecule has 0 spiro atoms. The maximum absolute atomic E-state index is 12.5. The van der Waals surface area contributed by atoms with Crippen LogP contribution in [0.3, 0.4) is 0 Å². The molecule has 34 heavy (non-hydrogen) atoms. The number of ether oxygens (including phenoxy) is 1. The quantitative estimate of drug-likeness (QED) is 0.263. The molecule has 0 fully saturated rings. The lowest BCUT2D eigenvalue weighted by Crippen LogP contribution is -2.14. The largest absolute Gasteiger partial charge is 0.483 e. The molecule has 1 unspecified atom stereocenters. The number of nitrogens with one attached hydrogen (secondary N) is 1. The second-order valence-electron chi connectivity index (χ2n) is 7.45. The van der Waals surface area contributed by atoms with Gasteiger partial charge in [0.2, 0.25) is 5.91 Å². The zero-order chi connectivity index (χ0) is 24.2. The van der Waals surface area contributed by atoms with Gasteiger partial charge in [-0.05, 0) is 49.7 Å². The van der Waals surface area contributed by atoms with Crippen molar-refractivity contribution >= 4 is 57.3 Å². The number of thioether (sulfide) groups is 1. The number of benzene rings is 2. The van der Waals surface area contributed by atoms with Gasteiger partial charge in [-0.3, -0.25) is 4.79 Å². The first-order valence-corrected chi connectivity index (χ1v) is 12.9. The Kier molecular flexibility index (Phi) is 7.77. The number of nitrogens with zero attached hydrogens (tertiary/aromatic N) is 4. The van der Waals surface area contributed by atoms with Crippen molar-refractivity contribution in [2.24, 2.45) is 7.05 Å². The van der Waals surface area contributed by atoms with Gasteiger partial charge in [0.05, 0.1) is 11.4 Å². The Labute approximate surface area is 215 Å². The molecule has 4 aromatic rings. The monoisotopic (exact) mass is 533 g/mol. The second kappa shape index (κ2) is 10.8. The predicted octanol–water partition coefficient (Wildman–Crippen LogP) is 6.42. The number of carbonyl (C=O) groups excluding carboxylic acids is 1. The number of carbonyl (C=O) groups is 1. The zero-order valence-electron chi connectivity index (χ0n) is 18.6. The summed E-state index contributed by atoms with van der Waals surface area (Å²) < 4.78 is 7.82. The van der Waals surface area contributed by atoms with Crippen LogP contribution in [0.15, 0.2) is 53.0 Å². The fraction of sp³-hybridized carbons (Fsp3) is 0.217. The minimum Gasteiger partial charge on any atom is -0.483 e. The minimum atomic E-state index is -0.331. The number of hydrogen-bond donors (Lipinski definition) is 1. The van der Waals surface area contributed by atoms with Crippen LogP contribution in [-0.4, -0.2) is 31.4 Å². The number of thiazole rings is 1. The fourth-order valence-electron chi connectivity index (χ4n) is 3.12. The van der Waals surface area contributed by atoms with E-state index in [0.717, 1.165) is 16.8 Å². The first-order valence-electron chi connectivity index (χ1n) is 10.3. The number of aryl methyl sites for hydroxylation is 1. The van der Waals surface area contributed by atoms with E-state index in [2.05, 4.69) is 20.5 Å². The number of rotatable bonds is 8. The topological polar surface area (TPSA) is 81.9 Å². The molecule has 2 aromatic heterocycles. The van der Waals surface area contributed by atoms with E-state index in [0.29, 0.717) is 31.9 Å². The van der Waals surface area contributed by atoms with Crippen molar-refractivity contribution in [1.29, 1.82) is 0 Å². The summed E-state index contributed by atoms with van der Waals surface area (Å²) in [6.45, 7) is 3.82. The Bertz CT molecular complexity index is 1310. The molecule has 11 heteroatoms. The molecule has 0 aliphatic rings. The van der Waals surface area contributed by atoms with E-state index < -0.39 is 0 Å². The fourth-order valence-corrected chi connectivity index (χ4v) is 4.82. The van der Waals surface area contributed by atoms with E-state index in [1.807, 2.05) is 67.2 Å². The highest BCUT2D eigenvalue weighted by Crippen LogP contribution is 2.28. The van der Waals surface area contributed by atoms with E-state index >= 15 is 0 Å². The van der Waals surface area contributed by atoms with Crippen molar-refractivity contribution in [1.82, 2.24) is 19.7 Å². The Balaban J connectivity index is 1.33. The highest BCUT2D eigenvalue weighted by Gasteiger charge is 2.18. The van der Waals surface area contributed by atoms with Crippen molar-refractivity contribution in [3.8, 4) is 17.0 Å². The van der Waals surface area contributed by atoms with Gasteiger partial charge in [0.15, 0.2) is 22.2 Å². The summed E-state index contributed by atoms with van der Waals surface area (Å²) in [5, 5.41) is 15.7. The average Bonchev–Trinajstić information content (AvgIpc) is 3.42. The van der Waals surface area contributed by atoms with Crippen molar-refractivity contribution in [2.75, 3.05) is 11.1 Å². The van der Waals surface area contributed by atoms with Crippen LogP contribution in [0, 0.1) is 6.92 Å². The van der Waals surface area contributed by atoms with Gasteiger partial charge in [-0.25, -0.2) is 4.98 Å². The normalized spacial score (nSPS) is 11.9. The van der Waals surface area contributed by atoms with Crippen LogP contribution in [0.25, 0.3) is 11.3 Å². The van der Waals surface area contributed by atoms with E-state index in [4.69, 9.17) is 27.9 Å². The number of hydrogen-bond acceptors (Lipinski definition) is 7. The van der Waals surface area contributed by atoms with Crippen LogP contribution >= 0.6 is 46.3 Å². The highest BCUT2D eigenvalue weighted by molar-refractivity contribution is 7.99. The molecule has 7 nitrogen and oxygen atoms in total. The summed E-state index contributed by atoms with van der Waals surface area (Å²) in [4.78, 5) is 16.9. The lowest BCUT2D eigenvalue weighted by molar-refractivity contribution is -0.113. The van der Waals surface area contributed by atoms with Crippen LogP contribution < -0.4 is 10.1 Å². The Morgan fingerprint density at radius 1 is 1.21 bits per heavy atom. The summed E-state index contributed by atoms with van der Waals surface area (Å²) >= 11 is 14.7. The lowest BCUT2D eigenvalue weighted by atomic mass is 10.2. The molecule has 1 N–H and O–H groups in total. The first-order chi connectivity index (χ1) is 16.3. The minimum absolute atomic E-state index is 0.174. The Morgan fingerprint density at radius 2 is 1.97 bits per heavy atom. The Hall–Kier alpha value is -2.59. The number of anilines is 1. The zero-order valence-corrected chi connectivity index (χ0v) is 21.7. The molecule has 0 saturated heterocycles. The standard InChI is InChI=1S/C23H21Cl2N5O2S2/c1-13-10-17(8-9-18(13)25)32-14(2)21-28-29-23(30(21)3)34-12-20(31)27-22-26-19(11-33-22)15-4-6-16(24)7-5-15/h4-11,14H,12H2,1-3H3,(H,26,27,31). The van der Waals surface area contributed by atoms with Gasteiger partial charge in [-0.15, -0.1) is 21.5 Å². The number of halogens is 2. The summed E-state index contributed by atoms with van der Waals surface area (Å²) in [6, 6.07) is 12.9. The third-order valence-electron chi connectivity index (χ3n) is 4.90. The maximum Gasteiger partial charge on any atom is 0.236 e. The van der Waals surface area contributed by atoms with Crippen molar-refractivity contribution in [3.05, 3.63) is 69.3 Å². The van der Waals surface area contributed by atoms with Crippen molar-refractivity contribution < 1.29 is 9.53 Å². The molecular formula is C23H21Cl2N5O2S2. The SMILES string of the molecule is Cc1cc(OC(C)c2nnc(SCC(=O)Nc3nc(-c4ccc(Cl)cc4)cs3)n2C)ccc1Cl. The van der Waals surface area contributed by atoms with E-state index in [9.17, 15) is 4.79 Å². The molecule has 176 valence electrons. The summed E-state index contributed by atoms with van der Waals surface area (Å²) in [5.74, 6) is 1.36. The lowest BCUT2D eigenvalue weighted by Gasteiger charge is -2.15. The number of amides is 1. The highest BCUT2D eigenvalue weighted by atomic mass is 35.5. The third kappa shape index (κ3) is 5.90. The van der Waals surface area contributed by atoms with E-state index in [1.165, 1.54) is 23.1 Å². The van der Waals surface area contributed by atoms with Gasteiger partial charge >= 0.3 is 0 Å². The van der Waals surface area contributed by atoms with E-state index in [-0.39, 0.29) is 17.8 Å². The molecule has 0 saturated carbocycles. The molecule has 4 rings (SSSR count). The van der Waals surface area contributed by atoms with Crippen molar-refractivity contribution in [2.45, 2.75) is 25.1 Å². The molecule has 0 bridgehead atoms. The van der Waals surface area contributed by atoms with Crippen LogP contribution in [0.1, 0.15) is 24.4 Å². The predicted molar refractivity (Wildman–Crippen MR) is 138 cm³/mol.